The van der Waals surface area contributed by atoms with Crippen molar-refractivity contribution in [2.45, 2.75) is 11.8 Å². The Morgan fingerprint density at radius 2 is 2.05 bits per heavy atom. The van der Waals surface area contributed by atoms with Gasteiger partial charge in [0.05, 0.1) is 4.90 Å². The number of rotatable bonds is 7. The van der Waals surface area contributed by atoms with Crippen molar-refractivity contribution in [2.24, 2.45) is 0 Å². The van der Waals surface area contributed by atoms with Gasteiger partial charge in [-0.1, -0.05) is 6.07 Å². The Balaban J connectivity index is 2.89. The summed E-state index contributed by atoms with van der Waals surface area (Å²) in [6.45, 7) is 2.67. The van der Waals surface area contributed by atoms with Crippen molar-refractivity contribution in [3.05, 3.63) is 35.4 Å². The van der Waals surface area contributed by atoms with Crippen LogP contribution in [0.15, 0.2) is 29.2 Å². The zero-order valence-electron chi connectivity index (χ0n) is 12.3. The molecule has 21 heavy (non-hydrogen) atoms. The molecule has 0 spiro atoms. The van der Waals surface area contributed by atoms with Gasteiger partial charge in [-0.25, -0.2) is 17.9 Å². The second-order valence-corrected chi connectivity index (χ2v) is 6.66. The Morgan fingerprint density at radius 1 is 1.38 bits per heavy atom. The van der Waals surface area contributed by atoms with E-state index in [0.29, 0.717) is 24.2 Å². The molecule has 0 fully saturated rings. The molecule has 1 aromatic carbocycles. The molecule has 0 bridgehead atoms. The van der Waals surface area contributed by atoms with E-state index in [1.807, 2.05) is 19.0 Å². The predicted octanol–water partition coefficient (Wildman–Crippen LogP) is 0.933. The Labute approximate surface area is 125 Å². The third-order valence-corrected chi connectivity index (χ3v) is 4.27. The number of aryl methyl sites for hydroxylation is 1. The number of nitrogens with zero attached hydrogens (tertiary/aromatic N) is 1. The Hall–Kier alpha value is -1.70. The summed E-state index contributed by atoms with van der Waals surface area (Å²) in [7, 11) is 0.183. The highest BCUT2D eigenvalue weighted by molar-refractivity contribution is 7.89. The topological polar surface area (TPSA) is 86.7 Å². The summed E-state index contributed by atoms with van der Waals surface area (Å²) in [4.78, 5) is 12.5. The first-order valence-electron chi connectivity index (χ1n) is 6.38. The van der Waals surface area contributed by atoms with E-state index in [1.165, 1.54) is 18.2 Å². The summed E-state index contributed by atoms with van der Waals surface area (Å²) in [5.41, 5.74) is 1.37. The SMILES string of the molecule is Cc1cc(S(=O)(=O)NCCN(C)C)ccc1C=CC(=O)O. The maximum atomic E-state index is 12.1. The molecule has 1 rings (SSSR count). The number of benzene rings is 1. The molecule has 0 heterocycles. The van der Waals surface area contributed by atoms with Crippen LogP contribution in [-0.2, 0) is 14.8 Å². The minimum Gasteiger partial charge on any atom is -0.478 e. The number of carboxylic acid groups (broad SMARTS) is 1. The number of likely N-dealkylation sites (N-methyl/N-ethyl adjacent to an activating group) is 1. The summed E-state index contributed by atoms with van der Waals surface area (Å²) in [5.74, 6) is -1.04. The maximum Gasteiger partial charge on any atom is 0.328 e. The van der Waals surface area contributed by atoms with Crippen molar-refractivity contribution in [1.29, 1.82) is 0 Å². The van der Waals surface area contributed by atoms with Gasteiger partial charge in [-0.15, -0.1) is 0 Å². The van der Waals surface area contributed by atoms with Crippen molar-refractivity contribution in [2.75, 3.05) is 27.2 Å². The van der Waals surface area contributed by atoms with Gasteiger partial charge in [0.25, 0.3) is 0 Å². The highest BCUT2D eigenvalue weighted by Gasteiger charge is 2.14. The number of hydrogen-bond donors (Lipinski definition) is 2. The van der Waals surface area contributed by atoms with Gasteiger partial charge in [0.2, 0.25) is 10.0 Å². The minimum absolute atomic E-state index is 0.172. The number of sulfonamides is 1. The maximum absolute atomic E-state index is 12.1. The van der Waals surface area contributed by atoms with Gasteiger partial charge in [0.15, 0.2) is 0 Å². The van der Waals surface area contributed by atoms with E-state index in [-0.39, 0.29) is 4.90 Å². The van der Waals surface area contributed by atoms with Crippen LogP contribution >= 0.6 is 0 Å². The van der Waals surface area contributed by atoms with Crippen molar-refractivity contribution in [3.8, 4) is 0 Å². The van der Waals surface area contributed by atoms with Crippen molar-refractivity contribution >= 4 is 22.1 Å². The van der Waals surface area contributed by atoms with Gasteiger partial charge in [0.1, 0.15) is 0 Å². The first kappa shape index (κ1) is 17.4. The van der Waals surface area contributed by atoms with Crippen LogP contribution in [0.5, 0.6) is 0 Å². The van der Waals surface area contributed by atoms with Gasteiger partial charge < -0.3 is 10.0 Å². The lowest BCUT2D eigenvalue weighted by Gasteiger charge is -2.11. The third kappa shape index (κ3) is 5.66. The van der Waals surface area contributed by atoms with E-state index in [2.05, 4.69) is 4.72 Å². The molecule has 0 atom stereocenters. The molecule has 0 aliphatic heterocycles. The molecule has 0 aromatic heterocycles. The molecule has 6 nitrogen and oxygen atoms in total. The molecular formula is C14H20N2O4S. The highest BCUT2D eigenvalue weighted by Crippen LogP contribution is 2.16. The lowest BCUT2D eigenvalue weighted by atomic mass is 10.1. The van der Waals surface area contributed by atoms with Gasteiger partial charge >= 0.3 is 5.97 Å². The van der Waals surface area contributed by atoms with E-state index in [4.69, 9.17) is 5.11 Å². The van der Waals surface area contributed by atoms with Gasteiger partial charge in [-0.3, -0.25) is 0 Å². The molecule has 0 saturated carbocycles. The second-order valence-electron chi connectivity index (χ2n) is 4.89. The molecule has 0 radical (unpaired) electrons. The first-order valence-corrected chi connectivity index (χ1v) is 7.87. The molecule has 1 aromatic rings. The fourth-order valence-electron chi connectivity index (χ4n) is 1.65. The number of nitrogens with one attached hydrogen (secondary N) is 1. The van der Waals surface area contributed by atoms with Crippen LogP contribution in [0.3, 0.4) is 0 Å². The number of hydrogen-bond acceptors (Lipinski definition) is 4. The van der Waals surface area contributed by atoms with Crippen LogP contribution in [-0.4, -0.2) is 51.6 Å². The van der Waals surface area contributed by atoms with Crippen molar-refractivity contribution in [1.82, 2.24) is 9.62 Å². The van der Waals surface area contributed by atoms with Crippen LogP contribution in [0.25, 0.3) is 6.08 Å². The highest BCUT2D eigenvalue weighted by atomic mass is 32.2. The molecule has 0 aliphatic rings. The fraction of sp³-hybridized carbons (Fsp3) is 0.357. The lowest BCUT2D eigenvalue weighted by Crippen LogP contribution is -2.31. The number of aliphatic carboxylic acids is 1. The van der Waals surface area contributed by atoms with Crippen LogP contribution in [0.1, 0.15) is 11.1 Å². The van der Waals surface area contributed by atoms with E-state index >= 15 is 0 Å². The normalized spacial score (nSPS) is 12.2. The fourth-order valence-corrected chi connectivity index (χ4v) is 2.76. The summed E-state index contributed by atoms with van der Waals surface area (Å²) < 4.78 is 26.7. The lowest BCUT2D eigenvalue weighted by molar-refractivity contribution is -0.131. The summed E-state index contributed by atoms with van der Waals surface area (Å²) in [5, 5.41) is 8.59. The van der Waals surface area contributed by atoms with E-state index in [9.17, 15) is 13.2 Å². The molecule has 0 aliphatic carbocycles. The Morgan fingerprint density at radius 3 is 2.57 bits per heavy atom. The molecule has 116 valence electrons. The summed E-state index contributed by atoms with van der Waals surface area (Å²) >= 11 is 0. The smallest absolute Gasteiger partial charge is 0.328 e. The second kappa shape index (κ2) is 7.35. The van der Waals surface area contributed by atoms with Crippen molar-refractivity contribution in [3.63, 3.8) is 0 Å². The van der Waals surface area contributed by atoms with Crippen molar-refractivity contribution < 1.29 is 18.3 Å². The minimum atomic E-state index is -3.54. The van der Waals surface area contributed by atoms with Gasteiger partial charge in [0, 0.05) is 19.2 Å². The molecule has 0 unspecified atom stereocenters. The van der Waals surface area contributed by atoms with Crippen LogP contribution in [0.2, 0.25) is 0 Å². The first-order chi connectivity index (χ1) is 9.72. The zero-order valence-corrected chi connectivity index (χ0v) is 13.1. The van der Waals surface area contributed by atoms with Crippen LogP contribution in [0, 0.1) is 6.92 Å². The van der Waals surface area contributed by atoms with E-state index in [0.717, 1.165) is 6.08 Å². The molecule has 2 N–H and O–H groups in total. The van der Waals surface area contributed by atoms with Crippen LogP contribution in [0.4, 0.5) is 0 Å². The summed E-state index contributed by atoms with van der Waals surface area (Å²) in [6.07, 6.45) is 2.46. The molecular weight excluding hydrogens is 292 g/mol. The largest absolute Gasteiger partial charge is 0.478 e. The average Bonchev–Trinajstić information content (AvgIpc) is 2.36. The Kier molecular flexibility index (Phi) is 6.07. The number of carboxylic acids is 1. The Bertz CT molecular complexity index is 636. The molecule has 7 heteroatoms. The van der Waals surface area contributed by atoms with Gasteiger partial charge in [-0.2, -0.15) is 0 Å². The zero-order chi connectivity index (χ0) is 16.0. The molecule has 0 amide bonds. The van der Waals surface area contributed by atoms with Gasteiger partial charge in [-0.05, 0) is 50.4 Å². The average molecular weight is 312 g/mol. The standard InChI is InChI=1S/C14H20N2O4S/c1-11-10-13(6-4-12(11)5-7-14(17)18)21(19,20)15-8-9-16(2)3/h4-7,10,15H,8-9H2,1-3H3,(H,17,18). The monoisotopic (exact) mass is 312 g/mol. The van der Waals surface area contributed by atoms with Crippen LogP contribution < -0.4 is 4.72 Å². The quantitative estimate of drug-likeness (QED) is 0.732. The predicted molar refractivity (Wildman–Crippen MR) is 81.6 cm³/mol. The third-order valence-electron chi connectivity index (χ3n) is 2.81. The number of carbonyl (C=O) groups is 1. The van der Waals surface area contributed by atoms with E-state index < -0.39 is 16.0 Å². The van der Waals surface area contributed by atoms with E-state index in [1.54, 1.807) is 13.0 Å². The molecule has 0 saturated heterocycles. The summed E-state index contributed by atoms with van der Waals surface area (Å²) in [6, 6.07) is 4.58.